The lowest BCUT2D eigenvalue weighted by Crippen LogP contribution is -2.52. The highest BCUT2D eigenvalue weighted by molar-refractivity contribution is 5.80. The van der Waals surface area contributed by atoms with Crippen molar-refractivity contribution < 1.29 is 14.3 Å². The quantitative estimate of drug-likeness (QED) is 0.432. The molecule has 7 heteroatoms. The van der Waals surface area contributed by atoms with Crippen LogP contribution in [0.4, 0.5) is 0 Å². The SMILES string of the molecule is CCOC(=O)C1CCN(C(=NC)NCC2CN(CC(C)C)CCO2)CC1. The predicted molar refractivity (Wildman–Crippen MR) is 103 cm³/mol. The normalized spacial score (nSPS) is 23.3. The van der Waals surface area contributed by atoms with E-state index in [1.54, 1.807) is 0 Å². The van der Waals surface area contributed by atoms with Gasteiger partial charge in [0.25, 0.3) is 0 Å². The number of hydrogen-bond donors (Lipinski definition) is 1. The van der Waals surface area contributed by atoms with Crippen molar-refractivity contribution in [1.29, 1.82) is 0 Å². The van der Waals surface area contributed by atoms with E-state index in [9.17, 15) is 4.79 Å². The smallest absolute Gasteiger partial charge is 0.309 e. The summed E-state index contributed by atoms with van der Waals surface area (Å²) in [7, 11) is 1.81. The number of nitrogens with zero attached hydrogens (tertiary/aromatic N) is 3. The van der Waals surface area contributed by atoms with Gasteiger partial charge in [0, 0.05) is 46.3 Å². The molecule has 0 aromatic carbocycles. The van der Waals surface area contributed by atoms with Gasteiger partial charge in [-0.1, -0.05) is 13.8 Å². The lowest BCUT2D eigenvalue weighted by atomic mass is 9.97. The Morgan fingerprint density at radius 2 is 2.04 bits per heavy atom. The molecule has 1 atom stereocenters. The summed E-state index contributed by atoms with van der Waals surface area (Å²) in [4.78, 5) is 21.0. The van der Waals surface area contributed by atoms with Crippen LogP contribution in [0.15, 0.2) is 4.99 Å². The highest BCUT2D eigenvalue weighted by atomic mass is 16.5. The van der Waals surface area contributed by atoms with Crippen molar-refractivity contribution >= 4 is 11.9 Å². The van der Waals surface area contributed by atoms with Crippen LogP contribution in [0, 0.1) is 11.8 Å². The molecule has 2 rings (SSSR count). The molecule has 1 N–H and O–H groups in total. The first-order valence-electron chi connectivity index (χ1n) is 9.99. The van der Waals surface area contributed by atoms with E-state index in [1.807, 2.05) is 14.0 Å². The van der Waals surface area contributed by atoms with Gasteiger partial charge in [0.1, 0.15) is 0 Å². The van der Waals surface area contributed by atoms with Crippen molar-refractivity contribution in [3.63, 3.8) is 0 Å². The third-order valence-electron chi connectivity index (χ3n) is 4.96. The summed E-state index contributed by atoms with van der Waals surface area (Å²) in [6.07, 6.45) is 1.83. The second-order valence-corrected chi connectivity index (χ2v) is 7.59. The summed E-state index contributed by atoms with van der Waals surface area (Å²) in [5.74, 6) is 1.54. The minimum Gasteiger partial charge on any atom is -0.466 e. The monoisotopic (exact) mass is 368 g/mol. The number of morpholine rings is 1. The van der Waals surface area contributed by atoms with Gasteiger partial charge in [-0.3, -0.25) is 14.7 Å². The average Bonchev–Trinajstić information content (AvgIpc) is 2.63. The number of aliphatic imine (C=N–C) groups is 1. The van der Waals surface area contributed by atoms with E-state index in [2.05, 4.69) is 34.0 Å². The third-order valence-corrected chi connectivity index (χ3v) is 4.96. The van der Waals surface area contributed by atoms with E-state index < -0.39 is 0 Å². The molecule has 0 aromatic rings. The summed E-state index contributed by atoms with van der Waals surface area (Å²) >= 11 is 0. The van der Waals surface area contributed by atoms with Crippen LogP contribution in [0.1, 0.15) is 33.6 Å². The van der Waals surface area contributed by atoms with Gasteiger partial charge >= 0.3 is 5.97 Å². The number of carbonyl (C=O) groups excluding carboxylic acids is 1. The van der Waals surface area contributed by atoms with Crippen LogP contribution >= 0.6 is 0 Å². The van der Waals surface area contributed by atoms with Crippen molar-refractivity contribution in [3.8, 4) is 0 Å². The Balaban J connectivity index is 1.75. The van der Waals surface area contributed by atoms with Crippen LogP contribution < -0.4 is 5.32 Å². The van der Waals surface area contributed by atoms with E-state index in [-0.39, 0.29) is 18.0 Å². The Hall–Kier alpha value is -1.34. The molecule has 0 bridgehead atoms. The number of piperidine rings is 1. The molecule has 0 spiro atoms. The fourth-order valence-corrected chi connectivity index (χ4v) is 3.71. The molecule has 150 valence electrons. The second-order valence-electron chi connectivity index (χ2n) is 7.59. The molecule has 7 nitrogen and oxygen atoms in total. The highest BCUT2D eigenvalue weighted by Gasteiger charge is 2.28. The number of likely N-dealkylation sites (tertiary alicyclic amines) is 1. The van der Waals surface area contributed by atoms with E-state index in [0.29, 0.717) is 12.5 Å². The van der Waals surface area contributed by atoms with Crippen molar-refractivity contribution in [2.45, 2.75) is 39.7 Å². The minimum absolute atomic E-state index is 0.0237. The van der Waals surface area contributed by atoms with Crippen molar-refractivity contribution in [2.24, 2.45) is 16.8 Å². The van der Waals surface area contributed by atoms with Crippen LogP contribution in [0.5, 0.6) is 0 Å². The maximum absolute atomic E-state index is 11.9. The Kier molecular flexibility index (Phi) is 8.65. The minimum atomic E-state index is -0.0593. The van der Waals surface area contributed by atoms with E-state index in [4.69, 9.17) is 9.47 Å². The number of nitrogens with one attached hydrogen (secondary N) is 1. The van der Waals surface area contributed by atoms with Crippen molar-refractivity contribution in [3.05, 3.63) is 0 Å². The van der Waals surface area contributed by atoms with Crippen LogP contribution in [0.25, 0.3) is 0 Å². The number of esters is 1. The Morgan fingerprint density at radius 1 is 1.31 bits per heavy atom. The molecule has 2 fully saturated rings. The Morgan fingerprint density at radius 3 is 2.65 bits per heavy atom. The average molecular weight is 369 g/mol. The van der Waals surface area contributed by atoms with Crippen molar-refractivity contribution in [1.82, 2.24) is 15.1 Å². The summed E-state index contributed by atoms with van der Waals surface area (Å²) in [5, 5.41) is 3.46. The number of carbonyl (C=O) groups is 1. The third kappa shape index (κ3) is 6.43. The highest BCUT2D eigenvalue weighted by Crippen LogP contribution is 2.18. The summed E-state index contributed by atoms with van der Waals surface area (Å²) in [5.41, 5.74) is 0. The molecule has 0 radical (unpaired) electrons. The summed E-state index contributed by atoms with van der Waals surface area (Å²) < 4.78 is 11.1. The Labute approximate surface area is 158 Å². The molecule has 26 heavy (non-hydrogen) atoms. The molecule has 2 saturated heterocycles. The predicted octanol–water partition coefficient (Wildman–Crippen LogP) is 1.19. The van der Waals surface area contributed by atoms with E-state index >= 15 is 0 Å². The van der Waals surface area contributed by atoms with Gasteiger partial charge in [0.2, 0.25) is 0 Å². The molecular weight excluding hydrogens is 332 g/mol. The number of hydrogen-bond acceptors (Lipinski definition) is 5. The Bertz CT molecular complexity index is 462. The van der Waals surface area contributed by atoms with Crippen LogP contribution in [-0.4, -0.2) is 87.4 Å². The molecular formula is C19H36N4O3. The van der Waals surface area contributed by atoms with Crippen LogP contribution in [-0.2, 0) is 14.3 Å². The van der Waals surface area contributed by atoms with Gasteiger partial charge < -0.3 is 19.7 Å². The molecule has 0 aliphatic carbocycles. The molecule has 2 aliphatic rings. The number of guanidine groups is 1. The molecule has 1 unspecified atom stereocenters. The van der Waals surface area contributed by atoms with Gasteiger partial charge in [0.05, 0.1) is 25.2 Å². The zero-order chi connectivity index (χ0) is 18.9. The second kappa shape index (κ2) is 10.7. The summed E-state index contributed by atoms with van der Waals surface area (Å²) in [6.45, 7) is 13.1. The maximum Gasteiger partial charge on any atom is 0.309 e. The molecule has 0 saturated carbocycles. The standard InChI is InChI=1S/C19H36N4O3/c1-5-25-18(24)16-6-8-23(9-7-16)19(20-4)21-12-17-14-22(10-11-26-17)13-15(2)3/h15-17H,5-14H2,1-4H3,(H,20,21). The lowest BCUT2D eigenvalue weighted by molar-refractivity contribution is -0.149. The first-order valence-corrected chi connectivity index (χ1v) is 9.99. The fourth-order valence-electron chi connectivity index (χ4n) is 3.71. The first-order chi connectivity index (χ1) is 12.5. The topological polar surface area (TPSA) is 66.4 Å². The maximum atomic E-state index is 11.9. The largest absolute Gasteiger partial charge is 0.466 e. The van der Waals surface area contributed by atoms with Gasteiger partial charge in [-0.15, -0.1) is 0 Å². The zero-order valence-corrected chi connectivity index (χ0v) is 16.9. The van der Waals surface area contributed by atoms with Crippen molar-refractivity contribution in [2.75, 3.05) is 59.5 Å². The van der Waals surface area contributed by atoms with E-state index in [0.717, 1.165) is 64.7 Å². The number of rotatable bonds is 6. The van der Waals surface area contributed by atoms with E-state index in [1.165, 1.54) is 0 Å². The van der Waals surface area contributed by atoms with Crippen LogP contribution in [0.2, 0.25) is 0 Å². The van der Waals surface area contributed by atoms with Gasteiger partial charge in [-0.05, 0) is 25.7 Å². The zero-order valence-electron chi connectivity index (χ0n) is 16.9. The van der Waals surface area contributed by atoms with Gasteiger partial charge in [-0.25, -0.2) is 0 Å². The molecule has 0 aromatic heterocycles. The molecule has 2 aliphatic heterocycles. The van der Waals surface area contributed by atoms with Crippen LogP contribution in [0.3, 0.4) is 0 Å². The fraction of sp³-hybridized carbons (Fsp3) is 0.895. The van der Waals surface area contributed by atoms with Gasteiger partial charge in [0.15, 0.2) is 5.96 Å². The lowest BCUT2D eigenvalue weighted by Gasteiger charge is -2.36. The molecule has 0 amide bonds. The molecule has 2 heterocycles. The number of ether oxygens (including phenoxy) is 2. The summed E-state index contributed by atoms with van der Waals surface area (Å²) in [6, 6.07) is 0. The first kappa shape index (κ1) is 21.0. The van der Waals surface area contributed by atoms with Gasteiger partial charge in [-0.2, -0.15) is 0 Å².